The van der Waals surface area contributed by atoms with Gasteiger partial charge in [-0.3, -0.25) is 9.59 Å². The molecule has 148 valence electrons. The summed E-state index contributed by atoms with van der Waals surface area (Å²) in [6, 6.07) is 21.8. The maximum Gasteiger partial charge on any atom is 0.291 e. The molecule has 1 aliphatic rings. The van der Waals surface area contributed by atoms with E-state index in [1.54, 1.807) is 35.2 Å². The molecule has 1 aromatic heterocycles. The van der Waals surface area contributed by atoms with Crippen LogP contribution < -0.4 is 5.43 Å². The van der Waals surface area contributed by atoms with Crippen LogP contribution in [-0.2, 0) is 6.54 Å². The zero-order chi connectivity index (χ0) is 20.8. The van der Waals surface area contributed by atoms with Gasteiger partial charge in [-0.05, 0) is 36.2 Å². The van der Waals surface area contributed by atoms with E-state index in [-0.39, 0.29) is 23.6 Å². The number of carbonyl (C=O) groups excluding carboxylic acids is 1. The molecule has 0 saturated heterocycles. The van der Waals surface area contributed by atoms with Crippen LogP contribution in [0, 0.1) is 6.92 Å². The minimum atomic E-state index is -0.537. The van der Waals surface area contributed by atoms with Crippen LogP contribution in [0.2, 0.25) is 5.02 Å². The lowest BCUT2D eigenvalue weighted by Crippen LogP contribution is -2.29. The molecule has 0 aliphatic carbocycles. The molecule has 5 heteroatoms. The second-order valence-electron chi connectivity index (χ2n) is 7.51. The van der Waals surface area contributed by atoms with Crippen molar-refractivity contribution in [2.24, 2.45) is 0 Å². The van der Waals surface area contributed by atoms with Gasteiger partial charge in [-0.2, -0.15) is 0 Å². The molecule has 1 aliphatic heterocycles. The van der Waals surface area contributed by atoms with E-state index in [0.29, 0.717) is 21.6 Å². The molecule has 0 saturated carbocycles. The molecule has 5 rings (SSSR count). The van der Waals surface area contributed by atoms with Crippen LogP contribution in [0.15, 0.2) is 82.0 Å². The maximum absolute atomic E-state index is 13.4. The summed E-state index contributed by atoms with van der Waals surface area (Å²) >= 11 is 6.37. The van der Waals surface area contributed by atoms with Crippen molar-refractivity contribution in [3.8, 4) is 0 Å². The predicted molar refractivity (Wildman–Crippen MR) is 117 cm³/mol. The van der Waals surface area contributed by atoms with Crippen molar-refractivity contribution in [3.05, 3.63) is 116 Å². The Morgan fingerprint density at radius 1 is 0.933 bits per heavy atom. The third-order valence-corrected chi connectivity index (χ3v) is 5.93. The minimum Gasteiger partial charge on any atom is -0.450 e. The highest BCUT2D eigenvalue weighted by molar-refractivity contribution is 6.31. The molecule has 1 amide bonds. The first-order chi connectivity index (χ1) is 14.5. The van der Waals surface area contributed by atoms with E-state index in [1.807, 2.05) is 49.4 Å². The summed E-state index contributed by atoms with van der Waals surface area (Å²) in [5.74, 6) is -0.199. The smallest absolute Gasteiger partial charge is 0.291 e. The third kappa shape index (κ3) is 2.92. The molecule has 3 aromatic carbocycles. The Morgan fingerprint density at radius 3 is 2.40 bits per heavy atom. The predicted octanol–water partition coefficient (Wildman–Crippen LogP) is 5.50. The number of hydrogen-bond donors (Lipinski definition) is 0. The van der Waals surface area contributed by atoms with Crippen LogP contribution in [0.25, 0.3) is 11.0 Å². The number of para-hydroxylation sites is 1. The summed E-state index contributed by atoms with van der Waals surface area (Å²) in [6.07, 6.45) is 0. The van der Waals surface area contributed by atoms with Crippen molar-refractivity contribution in [1.82, 2.24) is 4.90 Å². The molecule has 0 spiro atoms. The lowest BCUT2D eigenvalue weighted by molar-refractivity contribution is 0.0714. The van der Waals surface area contributed by atoms with Gasteiger partial charge in [0.05, 0.1) is 17.0 Å². The van der Waals surface area contributed by atoms with Gasteiger partial charge in [-0.1, -0.05) is 71.8 Å². The maximum atomic E-state index is 13.4. The molecule has 0 radical (unpaired) electrons. The summed E-state index contributed by atoms with van der Waals surface area (Å²) in [5.41, 5.74) is 3.40. The second-order valence-corrected chi connectivity index (χ2v) is 7.92. The first kappa shape index (κ1) is 18.6. The van der Waals surface area contributed by atoms with E-state index < -0.39 is 6.04 Å². The first-order valence-corrected chi connectivity index (χ1v) is 10.1. The van der Waals surface area contributed by atoms with E-state index in [0.717, 1.165) is 16.7 Å². The van der Waals surface area contributed by atoms with E-state index in [9.17, 15) is 9.59 Å². The molecule has 4 aromatic rings. The lowest BCUT2D eigenvalue weighted by atomic mass is 9.97. The fraction of sp³-hybridized carbons (Fsp3) is 0.120. The van der Waals surface area contributed by atoms with Crippen LogP contribution in [0.4, 0.5) is 0 Å². The fourth-order valence-corrected chi connectivity index (χ4v) is 4.23. The highest BCUT2D eigenvalue weighted by Crippen LogP contribution is 2.39. The number of halogens is 1. The SMILES string of the molecule is Cc1ccc([C@H]2c3c(oc4ccccc4c3=O)C(=O)N2Cc2ccccc2Cl)cc1. The average Bonchev–Trinajstić information content (AvgIpc) is 3.03. The Labute approximate surface area is 178 Å². The van der Waals surface area contributed by atoms with Crippen LogP contribution in [0.3, 0.4) is 0 Å². The van der Waals surface area contributed by atoms with Crippen LogP contribution in [0.5, 0.6) is 0 Å². The van der Waals surface area contributed by atoms with E-state index in [1.165, 1.54) is 0 Å². The van der Waals surface area contributed by atoms with Crippen molar-refractivity contribution in [2.75, 3.05) is 0 Å². The van der Waals surface area contributed by atoms with Gasteiger partial charge in [0.1, 0.15) is 5.58 Å². The van der Waals surface area contributed by atoms with Crippen LogP contribution >= 0.6 is 11.6 Å². The average molecular weight is 416 g/mol. The Morgan fingerprint density at radius 2 is 1.63 bits per heavy atom. The molecule has 2 heterocycles. The topological polar surface area (TPSA) is 50.5 Å². The molecule has 0 fully saturated rings. The summed E-state index contributed by atoms with van der Waals surface area (Å²) in [4.78, 5) is 28.5. The fourth-order valence-electron chi connectivity index (χ4n) is 4.04. The Kier molecular flexibility index (Phi) is 4.44. The number of aryl methyl sites for hydroxylation is 1. The highest BCUT2D eigenvalue weighted by atomic mass is 35.5. The summed E-state index contributed by atoms with van der Waals surface area (Å²) in [7, 11) is 0. The second kappa shape index (κ2) is 7.15. The van der Waals surface area contributed by atoms with Crippen molar-refractivity contribution in [1.29, 1.82) is 0 Å². The Hall–Kier alpha value is -3.37. The summed E-state index contributed by atoms with van der Waals surface area (Å²) in [6.45, 7) is 2.28. The normalized spacial score (nSPS) is 15.6. The number of amides is 1. The van der Waals surface area contributed by atoms with Crippen LogP contribution in [-0.4, -0.2) is 10.8 Å². The monoisotopic (exact) mass is 415 g/mol. The van der Waals surface area contributed by atoms with Gasteiger partial charge < -0.3 is 9.32 Å². The van der Waals surface area contributed by atoms with Gasteiger partial charge in [0.25, 0.3) is 5.91 Å². The molecule has 0 unspecified atom stereocenters. The van der Waals surface area contributed by atoms with Crippen molar-refractivity contribution in [2.45, 2.75) is 19.5 Å². The Bertz CT molecular complexity index is 1340. The van der Waals surface area contributed by atoms with E-state index in [2.05, 4.69) is 0 Å². The molecule has 0 bridgehead atoms. The molecule has 30 heavy (non-hydrogen) atoms. The molecular formula is C25H18ClNO3. The summed E-state index contributed by atoms with van der Waals surface area (Å²) in [5, 5.41) is 1.05. The van der Waals surface area contributed by atoms with Crippen molar-refractivity contribution in [3.63, 3.8) is 0 Å². The minimum absolute atomic E-state index is 0.108. The van der Waals surface area contributed by atoms with Gasteiger partial charge in [-0.15, -0.1) is 0 Å². The molecule has 0 N–H and O–H groups in total. The van der Waals surface area contributed by atoms with Gasteiger partial charge in [0.2, 0.25) is 5.76 Å². The number of rotatable bonds is 3. The quantitative estimate of drug-likeness (QED) is 0.444. The van der Waals surface area contributed by atoms with E-state index >= 15 is 0 Å². The largest absolute Gasteiger partial charge is 0.450 e. The summed E-state index contributed by atoms with van der Waals surface area (Å²) < 4.78 is 5.95. The van der Waals surface area contributed by atoms with Crippen molar-refractivity contribution < 1.29 is 9.21 Å². The first-order valence-electron chi connectivity index (χ1n) is 9.71. The van der Waals surface area contributed by atoms with E-state index in [4.69, 9.17) is 16.0 Å². The van der Waals surface area contributed by atoms with Gasteiger partial charge >= 0.3 is 0 Å². The van der Waals surface area contributed by atoms with Crippen molar-refractivity contribution >= 4 is 28.5 Å². The third-order valence-electron chi connectivity index (χ3n) is 5.56. The number of benzene rings is 3. The lowest BCUT2D eigenvalue weighted by Gasteiger charge is -2.25. The Balaban J connectivity index is 1.73. The molecular weight excluding hydrogens is 398 g/mol. The van der Waals surface area contributed by atoms with Gasteiger partial charge in [0.15, 0.2) is 5.43 Å². The number of nitrogens with zero attached hydrogens (tertiary/aromatic N) is 1. The number of fused-ring (bicyclic) bond motifs is 2. The molecule has 1 atom stereocenters. The number of carbonyl (C=O) groups is 1. The number of hydrogen-bond acceptors (Lipinski definition) is 3. The zero-order valence-corrected chi connectivity index (χ0v) is 17.0. The zero-order valence-electron chi connectivity index (χ0n) is 16.3. The standard InChI is InChI=1S/C25H18ClNO3/c1-15-10-12-16(13-11-15)22-21-23(28)18-7-3-5-9-20(18)30-24(21)25(29)27(22)14-17-6-2-4-8-19(17)26/h2-13,22H,14H2,1H3/t22-/m0/s1. The van der Waals surface area contributed by atoms with Gasteiger partial charge in [0, 0.05) is 11.6 Å². The van der Waals surface area contributed by atoms with Crippen LogP contribution in [0.1, 0.15) is 38.9 Å². The molecule has 4 nitrogen and oxygen atoms in total. The highest BCUT2D eigenvalue weighted by Gasteiger charge is 2.42. The van der Waals surface area contributed by atoms with Gasteiger partial charge in [-0.25, -0.2) is 0 Å².